The lowest BCUT2D eigenvalue weighted by molar-refractivity contribution is 0.126. The zero-order valence-corrected chi connectivity index (χ0v) is 15.3. The zero-order valence-electron chi connectivity index (χ0n) is 13.7. The summed E-state index contributed by atoms with van der Waals surface area (Å²) in [5.41, 5.74) is 0.955. The number of thiocarbonyl (C=S) groups is 1. The predicted octanol–water partition coefficient (Wildman–Crippen LogP) is 4.23. The van der Waals surface area contributed by atoms with Crippen LogP contribution < -0.4 is 5.32 Å². The summed E-state index contributed by atoms with van der Waals surface area (Å²) in [5.74, 6) is 0. The first-order chi connectivity index (χ1) is 10.5. The Morgan fingerprint density at radius 2 is 2.14 bits per heavy atom. The zero-order chi connectivity index (χ0) is 16.1. The highest BCUT2D eigenvalue weighted by atomic mass is 35.5. The van der Waals surface area contributed by atoms with Gasteiger partial charge in [0.1, 0.15) is 0 Å². The quantitative estimate of drug-likeness (QED) is 0.827. The predicted molar refractivity (Wildman–Crippen MR) is 99.8 cm³/mol. The summed E-state index contributed by atoms with van der Waals surface area (Å²) in [6.45, 7) is 6.58. The molecule has 1 N–H and O–H groups in total. The Morgan fingerprint density at radius 3 is 2.73 bits per heavy atom. The molecule has 1 saturated heterocycles. The highest BCUT2D eigenvalue weighted by Crippen LogP contribution is 2.20. The van der Waals surface area contributed by atoms with Crippen LogP contribution in [0.3, 0.4) is 0 Å². The first-order valence-electron chi connectivity index (χ1n) is 8.04. The van der Waals surface area contributed by atoms with Crippen molar-refractivity contribution in [2.45, 2.75) is 45.2 Å². The van der Waals surface area contributed by atoms with E-state index in [-0.39, 0.29) is 0 Å². The molecule has 22 heavy (non-hydrogen) atoms. The van der Waals surface area contributed by atoms with Crippen molar-refractivity contribution in [3.05, 3.63) is 29.3 Å². The minimum atomic E-state index is 0.646. The number of benzene rings is 1. The molecule has 0 aromatic heterocycles. The van der Waals surface area contributed by atoms with Crippen molar-refractivity contribution in [3.8, 4) is 0 Å². The van der Waals surface area contributed by atoms with E-state index >= 15 is 0 Å². The highest BCUT2D eigenvalue weighted by molar-refractivity contribution is 7.80. The molecule has 1 fully saturated rings. The molecule has 2 rings (SSSR count). The van der Waals surface area contributed by atoms with Crippen LogP contribution in [-0.4, -0.2) is 47.1 Å². The van der Waals surface area contributed by atoms with Gasteiger partial charge in [-0.25, -0.2) is 0 Å². The van der Waals surface area contributed by atoms with Gasteiger partial charge in [-0.2, -0.15) is 0 Å². The Hall–Kier alpha value is -0.840. The van der Waals surface area contributed by atoms with Crippen molar-refractivity contribution in [1.29, 1.82) is 0 Å². The SMILES string of the molecule is CC[C@H](C)N(C)C1CCN(C(=S)Nc2cccc(Cl)c2)CC1. The Morgan fingerprint density at radius 1 is 1.45 bits per heavy atom. The van der Waals surface area contributed by atoms with Crippen molar-refractivity contribution >= 4 is 34.6 Å². The smallest absolute Gasteiger partial charge is 0.173 e. The van der Waals surface area contributed by atoms with Gasteiger partial charge in [-0.1, -0.05) is 24.6 Å². The monoisotopic (exact) mass is 339 g/mol. The average molecular weight is 340 g/mol. The Kier molecular flexibility index (Phi) is 6.48. The molecule has 0 saturated carbocycles. The van der Waals surface area contributed by atoms with E-state index in [9.17, 15) is 0 Å². The van der Waals surface area contributed by atoms with E-state index < -0.39 is 0 Å². The molecule has 122 valence electrons. The van der Waals surface area contributed by atoms with E-state index in [1.54, 1.807) is 0 Å². The summed E-state index contributed by atoms with van der Waals surface area (Å²) in [7, 11) is 2.25. The second-order valence-electron chi connectivity index (χ2n) is 6.08. The number of piperidine rings is 1. The number of nitrogens with one attached hydrogen (secondary N) is 1. The summed E-state index contributed by atoms with van der Waals surface area (Å²) in [5, 5.41) is 4.81. The summed E-state index contributed by atoms with van der Waals surface area (Å²) in [6, 6.07) is 9.00. The fourth-order valence-corrected chi connectivity index (χ4v) is 3.38. The van der Waals surface area contributed by atoms with Gasteiger partial charge < -0.3 is 15.1 Å². The molecule has 1 heterocycles. The van der Waals surface area contributed by atoms with Crippen LogP contribution in [-0.2, 0) is 0 Å². The molecule has 5 heteroatoms. The first kappa shape index (κ1) is 17.5. The van der Waals surface area contributed by atoms with Crippen molar-refractivity contribution in [2.75, 3.05) is 25.5 Å². The normalized spacial score (nSPS) is 17.6. The van der Waals surface area contributed by atoms with Crippen LogP contribution in [0.5, 0.6) is 0 Å². The van der Waals surface area contributed by atoms with Gasteiger partial charge in [0, 0.05) is 35.9 Å². The molecule has 0 bridgehead atoms. The second kappa shape index (κ2) is 8.14. The molecule has 0 spiro atoms. The molecular weight excluding hydrogens is 314 g/mol. The van der Waals surface area contributed by atoms with Crippen LogP contribution in [0.25, 0.3) is 0 Å². The van der Waals surface area contributed by atoms with Crippen LogP contribution in [0.2, 0.25) is 5.02 Å². The standard InChI is InChI=1S/C17H26ClN3S/c1-4-13(2)20(3)16-8-10-21(11-9-16)17(22)19-15-7-5-6-14(18)12-15/h5-7,12-13,16H,4,8-11H2,1-3H3,(H,19,22)/t13-/m0/s1. The lowest BCUT2D eigenvalue weighted by Crippen LogP contribution is -2.48. The number of halogens is 1. The van der Waals surface area contributed by atoms with E-state index in [0.717, 1.165) is 41.8 Å². The van der Waals surface area contributed by atoms with Gasteiger partial charge in [-0.15, -0.1) is 0 Å². The fourth-order valence-electron chi connectivity index (χ4n) is 2.89. The average Bonchev–Trinajstić information content (AvgIpc) is 2.53. The lowest BCUT2D eigenvalue weighted by atomic mass is 10.0. The van der Waals surface area contributed by atoms with E-state index in [2.05, 4.69) is 36.0 Å². The van der Waals surface area contributed by atoms with Crippen LogP contribution in [0.4, 0.5) is 5.69 Å². The molecule has 0 unspecified atom stereocenters. The van der Waals surface area contributed by atoms with Gasteiger partial charge in [-0.3, -0.25) is 0 Å². The Labute approximate surface area is 144 Å². The molecule has 3 nitrogen and oxygen atoms in total. The number of likely N-dealkylation sites (tertiary alicyclic amines) is 1. The molecular formula is C17H26ClN3S. The molecule has 1 aromatic rings. The van der Waals surface area contributed by atoms with Crippen LogP contribution in [0.15, 0.2) is 24.3 Å². The van der Waals surface area contributed by atoms with Gasteiger partial charge in [-0.05, 0) is 63.7 Å². The van der Waals surface area contributed by atoms with Gasteiger partial charge in [0.2, 0.25) is 0 Å². The molecule has 1 aliphatic rings. The number of anilines is 1. The Bertz CT molecular complexity index is 500. The Balaban J connectivity index is 1.85. The second-order valence-corrected chi connectivity index (χ2v) is 6.90. The molecule has 0 radical (unpaired) electrons. The maximum atomic E-state index is 6.01. The number of nitrogens with zero attached hydrogens (tertiary/aromatic N) is 2. The summed E-state index contributed by atoms with van der Waals surface area (Å²) in [4.78, 5) is 4.78. The molecule has 1 aromatic carbocycles. The summed E-state index contributed by atoms with van der Waals surface area (Å²) in [6.07, 6.45) is 3.53. The van der Waals surface area contributed by atoms with E-state index in [1.165, 1.54) is 6.42 Å². The first-order valence-corrected chi connectivity index (χ1v) is 8.83. The molecule has 0 aliphatic carbocycles. The van der Waals surface area contributed by atoms with Crippen LogP contribution in [0.1, 0.15) is 33.1 Å². The summed E-state index contributed by atoms with van der Waals surface area (Å²) < 4.78 is 0. The maximum Gasteiger partial charge on any atom is 0.173 e. The minimum absolute atomic E-state index is 0.646. The van der Waals surface area contributed by atoms with Gasteiger partial charge in [0.25, 0.3) is 0 Å². The summed E-state index contributed by atoms with van der Waals surface area (Å²) >= 11 is 11.5. The lowest BCUT2D eigenvalue weighted by Gasteiger charge is -2.40. The topological polar surface area (TPSA) is 18.5 Å². The number of hydrogen-bond acceptors (Lipinski definition) is 2. The molecule has 1 atom stereocenters. The van der Waals surface area contributed by atoms with Crippen LogP contribution in [0, 0.1) is 0 Å². The largest absolute Gasteiger partial charge is 0.349 e. The third-order valence-electron chi connectivity index (χ3n) is 4.69. The molecule has 0 amide bonds. The van der Waals surface area contributed by atoms with Crippen molar-refractivity contribution in [1.82, 2.24) is 9.80 Å². The van der Waals surface area contributed by atoms with Gasteiger partial charge in [0.05, 0.1) is 0 Å². The third-order valence-corrected chi connectivity index (χ3v) is 5.28. The highest BCUT2D eigenvalue weighted by Gasteiger charge is 2.25. The van der Waals surface area contributed by atoms with E-state index in [0.29, 0.717) is 12.1 Å². The van der Waals surface area contributed by atoms with E-state index in [1.807, 2.05) is 24.3 Å². The third kappa shape index (κ3) is 4.58. The van der Waals surface area contributed by atoms with Crippen molar-refractivity contribution in [2.24, 2.45) is 0 Å². The van der Waals surface area contributed by atoms with Crippen molar-refractivity contribution in [3.63, 3.8) is 0 Å². The maximum absolute atomic E-state index is 6.01. The van der Waals surface area contributed by atoms with Gasteiger partial charge >= 0.3 is 0 Å². The fraction of sp³-hybridized carbons (Fsp3) is 0.588. The van der Waals surface area contributed by atoms with E-state index in [4.69, 9.17) is 23.8 Å². The van der Waals surface area contributed by atoms with Gasteiger partial charge in [0.15, 0.2) is 5.11 Å². The number of rotatable bonds is 4. The number of hydrogen-bond donors (Lipinski definition) is 1. The molecule has 1 aliphatic heterocycles. The van der Waals surface area contributed by atoms with Crippen molar-refractivity contribution < 1.29 is 0 Å². The van der Waals surface area contributed by atoms with Crippen LogP contribution >= 0.6 is 23.8 Å². The minimum Gasteiger partial charge on any atom is -0.349 e.